The van der Waals surface area contributed by atoms with Gasteiger partial charge >= 0.3 is 0 Å². The largest absolute Gasteiger partial charge is 0.322 e. The molecule has 2 fully saturated rings. The van der Waals surface area contributed by atoms with Gasteiger partial charge in [-0.15, -0.1) is 0 Å². The van der Waals surface area contributed by atoms with Crippen LogP contribution in [0.4, 0.5) is 0 Å². The molecule has 2 saturated heterocycles. The van der Waals surface area contributed by atoms with Crippen LogP contribution in [0, 0.1) is 0 Å². The Kier molecular flexibility index (Phi) is 4.97. The van der Waals surface area contributed by atoms with Gasteiger partial charge in [0.1, 0.15) is 6.04 Å². The molecule has 7 heteroatoms. The predicted octanol–water partition coefficient (Wildman–Crippen LogP) is 0.631. The van der Waals surface area contributed by atoms with E-state index < -0.39 is 6.04 Å². The third kappa shape index (κ3) is 3.61. The number of likely N-dealkylation sites (tertiary alicyclic amines) is 1. The molecular formula is C20H26N4O3. The molecule has 1 aromatic rings. The van der Waals surface area contributed by atoms with Gasteiger partial charge in [-0.3, -0.25) is 24.6 Å². The lowest BCUT2D eigenvalue weighted by Crippen LogP contribution is -2.52. The molecule has 1 aromatic carbocycles. The van der Waals surface area contributed by atoms with Gasteiger partial charge < -0.3 is 10.2 Å². The maximum atomic E-state index is 12.9. The first-order valence-electron chi connectivity index (χ1n) is 9.71. The zero-order chi connectivity index (χ0) is 19.0. The summed E-state index contributed by atoms with van der Waals surface area (Å²) in [6.07, 6.45) is 2.97. The summed E-state index contributed by atoms with van der Waals surface area (Å²) in [4.78, 5) is 40.4. The van der Waals surface area contributed by atoms with E-state index in [-0.39, 0.29) is 24.1 Å². The summed E-state index contributed by atoms with van der Waals surface area (Å²) in [6.45, 7) is 3.39. The third-order valence-electron chi connectivity index (χ3n) is 5.99. The zero-order valence-corrected chi connectivity index (χ0v) is 15.7. The zero-order valence-electron chi connectivity index (χ0n) is 15.7. The molecule has 144 valence electrons. The SMILES string of the molecule is CNC1CCN(Cc2ccc3c(c2)C(=O)N(C2CCC(=O)NC2=O)C3)CC1. The lowest BCUT2D eigenvalue weighted by atomic mass is 10.0. The molecule has 27 heavy (non-hydrogen) atoms. The van der Waals surface area contributed by atoms with Crippen LogP contribution in [0.5, 0.6) is 0 Å². The van der Waals surface area contributed by atoms with Gasteiger partial charge in [0.25, 0.3) is 5.91 Å². The normalized spacial score (nSPS) is 24.3. The summed E-state index contributed by atoms with van der Waals surface area (Å²) >= 11 is 0. The summed E-state index contributed by atoms with van der Waals surface area (Å²) < 4.78 is 0. The summed E-state index contributed by atoms with van der Waals surface area (Å²) in [7, 11) is 2.01. The number of rotatable bonds is 4. The molecule has 1 atom stereocenters. The highest BCUT2D eigenvalue weighted by molar-refractivity contribution is 6.05. The first-order valence-corrected chi connectivity index (χ1v) is 9.71. The topological polar surface area (TPSA) is 81.8 Å². The number of benzene rings is 1. The summed E-state index contributed by atoms with van der Waals surface area (Å²) in [6, 6.07) is 6.13. The molecule has 2 N–H and O–H groups in total. The van der Waals surface area contributed by atoms with Crippen molar-refractivity contribution in [1.29, 1.82) is 0 Å². The van der Waals surface area contributed by atoms with Crippen molar-refractivity contribution in [2.45, 2.75) is 50.9 Å². The van der Waals surface area contributed by atoms with Crippen LogP contribution in [0.3, 0.4) is 0 Å². The van der Waals surface area contributed by atoms with Crippen LogP contribution < -0.4 is 10.6 Å². The lowest BCUT2D eigenvalue weighted by Gasteiger charge is -2.31. The Balaban J connectivity index is 1.44. The number of nitrogens with zero attached hydrogens (tertiary/aromatic N) is 2. The fourth-order valence-electron chi connectivity index (χ4n) is 4.34. The number of fused-ring (bicyclic) bond motifs is 1. The molecule has 0 saturated carbocycles. The standard InChI is InChI=1S/C20H26N4O3/c1-21-15-6-8-23(9-7-15)11-13-2-3-14-12-24(20(27)16(14)10-13)17-4-5-18(25)22-19(17)26/h2-3,10,15,17,21H,4-9,11-12H2,1H3,(H,22,25,26). The molecule has 0 spiro atoms. The highest BCUT2D eigenvalue weighted by Gasteiger charge is 2.39. The van der Waals surface area contributed by atoms with E-state index in [0.29, 0.717) is 24.6 Å². The maximum Gasteiger partial charge on any atom is 0.255 e. The number of nitrogens with one attached hydrogen (secondary N) is 2. The van der Waals surface area contributed by atoms with Crippen LogP contribution in [-0.2, 0) is 22.7 Å². The Morgan fingerprint density at radius 1 is 1.15 bits per heavy atom. The van der Waals surface area contributed by atoms with Gasteiger partial charge in [0.05, 0.1) is 0 Å². The number of imide groups is 1. The first kappa shape index (κ1) is 18.1. The van der Waals surface area contributed by atoms with E-state index in [1.807, 2.05) is 19.2 Å². The maximum absolute atomic E-state index is 12.9. The highest BCUT2D eigenvalue weighted by atomic mass is 16.2. The van der Waals surface area contributed by atoms with Crippen LogP contribution in [0.15, 0.2) is 18.2 Å². The number of piperidine rings is 2. The number of hydrogen-bond donors (Lipinski definition) is 2. The number of hydrogen-bond acceptors (Lipinski definition) is 5. The molecule has 0 aromatic heterocycles. The molecule has 7 nitrogen and oxygen atoms in total. The monoisotopic (exact) mass is 370 g/mol. The van der Waals surface area contributed by atoms with E-state index in [9.17, 15) is 14.4 Å². The minimum absolute atomic E-state index is 0.102. The van der Waals surface area contributed by atoms with Crippen LogP contribution >= 0.6 is 0 Å². The highest BCUT2D eigenvalue weighted by Crippen LogP contribution is 2.28. The van der Waals surface area contributed by atoms with Crippen molar-refractivity contribution < 1.29 is 14.4 Å². The fourth-order valence-corrected chi connectivity index (χ4v) is 4.34. The van der Waals surface area contributed by atoms with Crippen LogP contribution in [0.1, 0.15) is 47.2 Å². The van der Waals surface area contributed by atoms with Crippen LogP contribution in [-0.4, -0.2) is 59.7 Å². The number of carbonyl (C=O) groups is 3. The quantitative estimate of drug-likeness (QED) is 0.760. The minimum atomic E-state index is -0.549. The Bertz CT molecular complexity index is 770. The number of amides is 3. The van der Waals surface area contributed by atoms with E-state index in [1.165, 1.54) is 0 Å². The van der Waals surface area contributed by atoms with E-state index in [1.54, 1.807) is 4.90 Å². The smallest absolute Gasteiger partial charge is 0.255 e. The van der Waals surface area contributed by atoms with Gasteiger partial charge in [0.2, 0.25) is 11.8 Å². The van der Waals surface area contributed by atoms with Gasteiger partial charge in [-0.2, -0.15) is 0 Å². The number of carbonyl (C=O) groups excluding carboxylic acids is 3. The second-order valence-electron chi connectivity index (χ2n) is 7.73. The molecule has 0 aliphatic carbocycles. The third-order valence-corrected chi connectivity index (χ3v) is 5.99. The van der Waals surface area contributed by atoms with Crippen LogP contribution in [0.25, 0.3) is 0 Å². The van der Waals surface area contributed by atoms with Crippen molar-refractivity contribution in [3.63, 3.8) is 0 Å². The van der Waals surface area contributed by atoms with Gasteiger partial charge in [0.15, 0.2) is 0 Å². The minimum Gasteiger partial charge on any atom is -0.322 e. The van der Waals surface area contributed by atoms with Gasteiger partial charge in [0, 0.05) is 31.1 Å². The molecule has 3 heterocycles. The molecule has 3 amide bonds. The Morgan fingerprint density at radius 2 is 1.93 bits per heavy atom. The summed E-state index contributed by atoms with van der Waals surface area (Å²) in [5, 5.41) is 5.68. The van der Waals surface area contributed by atoms with Crippen LogP contribution in [0.2, 0.25) is 0 Å². The second-order valence-corrected chi connectivity index (χ2v) is 7.73. The molecule has 0 radical (unpaired) electrons. The van der Waals surface area contributed by atoms with Crippen molar-refractivity contribution >= 4 is 17.7 Å². The molecule has 1 unspecified atom stereocenters. The Morgan fingerprint density at radius 3 is 2.63 bits per heavy atom. The molecule has 3 aliphatic heterocycles. The van der Waals surface area contributed by atoms with Crippen molar-refractivity contribution in [1.82, 2.24) is 20.4 Å². The fraction of sp³-hybridized carbons (Fsp3) is 0.550. The van der Waals surface area contributed by atoms with E-state index in [2.05, 4.69) is 21.6 Å². The molecule has 0 bridgehead atoms. The van der Waals surface area contributed by atoms with Crippen molar-refractivity contribution in [3.05, 3.63) is 34.9 Å². The van der Waals surface area contributed by atoms with E-state index in [4.69, 9.17) is 0 Å². The van der Waals surface area contributed by atoms with Gasteiger partial charge in [-0.25, -0.2) is 0 Å². The van der Waals surface area contributed by atoms with Crippen molar-refractivity contribution in [2.24, 2.45) is 0 Å². The van der Waals surface area contributed by atoms with E-state index >= 15 is 0 Å². The van der Waals surface area contributed by atoms with Gasteiger partial charge in [-0.05, 0) is 56.6 Å². The lowest BCUT2D eigenvalue weighted by molar-refractivity contribution is -0.136. The molecule has 4 rings (SSSR count). The van der Waals surface area contributed by atoms with Crippen molar-refractivity contribution in [2.75, 3.05) is 20.1 Å². The summed E-state index contributed by atoms with van der Waals surface area (Å²) in [5.41, 5.74) is 2.79. The second kappa shape index (κ2) is 7.40. The molecular weight excluding hydrogens is 344 g/mol. The Hall–Kier alpha value is -2.25. The molecule has 3 aliphatic rings. The Labute approximate surface area is 159 Å². The first-order chi connectivity index (χ1) is 13.0. The van der Waals surface area contributed by atoms with E-state index in [0.717, 1.165) is 43.6 Å². The average molecular weight is 370 g/mol. The average Bonchev–Trinajstić information content (AvgIpc) is 2.99. The predicted molar refractivity (Wildman–Crippen MR) is 99.8 cm³/mol. The summed E-state index contributed by atoms with van der Waals surface area (Å²) in [5.74, 6) is -0.722. The van der Waals surface area contributed by atoms with Gasteiger partial charge in [-0.1, -0.05) is 12.1 Å². The van der Waals surface area contributed by atoms with Crippen molar-refractivity contribution in [3.8, 4) is 0 Å².